The first-order valence-corrected chi connectivity index (χ1v) is 8.47. The Labute approximate surface area is 142 Å². The number of hydrogen-bond donors (Lipinski definition) is 0. The molecule has 128 valence electrons. The zero-order chi connectivity index (χ0) is 16.9. The Balaban J connectivity index is 1.65. The Morgan fingerprint density at radius 2 is 2.17 bits per heavy atom. The molecule has 2 atom stereocenters. The van der Waals surface area contributed by atoms with Gasteiger partial charge in [-0.1, -0.05) is 37.3 Å². The number of carbonyl (C=O) groups excluding carboxylic acids is 1. The lowest BCUT2D eigenvalue weighted by atomic mass is 9.92. The molecule has 0 spiro atoms. The van der Waals surface area contributed by atoms with E-state index in [1.807, 2.05) is 34.7 Å². The highest BCUT2D eigenvalue weighted by molar-refractivity contribution is 5.77. The van der Waals surface area contributed by atoms with E-state index in [0.29, 0.717) is 26.1 Å². The summed E-state index contributed by atoms with van der Waals surface area (Å²) in [6.07, 6.45) is 2.94. The van der Waals surface area contributed by atoms with Crippen LogP contribution in [0.2, 0.25) is 0 Å². The lowest BCUT2D eigenvalue weighted by Gasteiger charge is -2.33. The van der Waals surface area contributed by atoms with Gasteiger partial charge in [0, 0.05) is 20.0 Å². The van der Waals surface area contributed by atoms with Crippen molar-refractivity contribution in [2.45, 2.75) is 31.8 Å². The largest absolute Gasteiger partial charge is 0.366 e. The smallest absolute Gasteiger partial charge is 0.223 e. The average molecular weight is 328 g/mol. The van der Waals surface area contributed by atoms with Crippen molar-refractivity contribution in [2.24, 2.45) is 7.05 Å². The molecule has 3 rings (SSSR count). The second-order valence-corrected chi connectivity index (χ2v) is 6.22. The molecule has 2 heterocycles. The van der Waals surface area contributed by atoms with Crippen molar-refractivity contribution in [2.75, 3.05) is 19.7 Å². The van der Waals surface area contributed by atoms with Gasteiger partial charge < -0.3 is 14.2 Å². The molecular formula is C18H24N4O2. The molecule has 0 saturated carbocycles. The molecule has 0 bridgehead atoms. The molecule has 0 unspecified atom stereocenters. The highest BCUT2D eigenvalue weighted by Gasteiger charge is 2.29. The van der Waals surface area contributed by atoms with E-state index >= 15 is 0 Å². The number of aromatic nitrogens is 3. The van der Waals surface area contributed by atoms with Crippen LogP contribution in [0.25, 0.3) is 0 Å². The maximum atomic E-state index is 12.8. The molecule has 24 heavy (non-hydrogen) atoms. The van der Waals surface area contributed by atoms with Gasteiger partial charge in [-0.25, -0.2) is 0 Å². The molecule has 1 aliphatic rings. The molecule has 0 N–H and O–H groups in total. The number of benzene rings is 1. The van der Waals surface area contributed by atoms with Crippen LogP contribution < -0.4 is 0 Å². The minimum absolute atomic E-state index is 0.182. The van der Waals surface area contributed by atoms with Crippen LogP contribution in [0.4, 0.5) is 0 Å². The summed E-state index contributed by atoms with van der Waals surface area (Å²) < 4.78 is 7.63. The Morgan fingerprint density at radius 1 is 1.38 bits per heavy atom. The van der Waals surface area contributed by atoms with Gasteiger partial charge in [-0.05, 0) is 17.9 Å². The van der Waals surface area contributed by atoms with Crippen LogP contribution in [0.5, 0.6) is 0 Å². The molecule has 1 aromatic carbocycles. The van der Waals surface area contributed by atoms with Crippen molar-refractivity contribution < 1.29 is 9.53 Å². The molecule has 1 aliphatic heterocycles. The SMILES string of the molecule is CC[C@@H](CC(=O)N1CCO[C@@H](c2nncn2C)C1)c1ccccc1. The summed E-state index contributed by atoms with van der Waals surface area (Å²) in [5, 5.41) is 8.01. The number of morpholine rings is 1. The first kappa shape index (κ1) is 16.6. The fourth-order valence-corrected chi connectivity index (χ4v) is 3.18. The fourth-order valence-electron chi connectivity index (χ4n) is 3.18. The van der Waals surface area contributed by atoms with Crippen LogP contribution in [0.3, 0.4) is 0 Å². The summed E-state index contributed by atoms with van der Waals surface area (Å²) in [6, 6.07) is 10.3. The second kappa shape index (κ2) is 7.57. The van der Waals surface area contributed by atoms with E-state index < -0.39 is 0 Å². The molecule has 2 aromatic rings. The van der Waals surface area contributed by atoms with E-state index in [9.17, 15) is 4.79 Å². The summed E-state index contributed by atoms with van der Waals surface area (Å²) in [4.78, 5) is 14.7. The van der Waals surface area contributed by atoms with Crippen molar-refractivity contribution in [3.05, 3.63) is 48.0 Å². The standard InChI is InChI=1S/C18H24N4O2/c1-3-14(15-7-5-4-6-8-15)11-17(23)22-9-10-24-16(12-22)18-20-19-13-21(18)2/h4-8,13-14,16H,3,9-12H2,1-2H3/t14-,16+/m0/s1. The van der Waals surface area contributed by atoms with Crippen LogP contribution >= 0.6 is 0 Å². The number of nitrogens with zero attached hydrogens (tertiary/aromatic N) is 4. The van der Waals surface area contributed by atoms with Crippen molar-refractivity contribution >= 4 is 5.91 Å². The molecule has 0 radical (unpaired) electrons. The lowest BCUT2D eigenvalue weighted by Crippen LogP contribution is -2.43. The van der Waals surface area contributed by atoms with Crippen LogP contribution in [0, 0.1) is 0 Å². The molecule has 6 heteroatoms. The van der Waals surface area contributed by atoms with Gasteiger partial charge in [0.05, 0.1) is 13.2 Å². The number of hydrogen-bond acceptors (Lipinski definition) is 4. The Morgan fingerprint density at radius 3 is 2.83 bits per heavy atom. The fraction of sp³-hybridized carbons (Fsp3) is 0.500. The van der Waals surface area contributed by atoms with Crippen LogP contribution in [-0.4, -0.2) is 45.3 Å². The third kappa shape index (κ3) is 3.64. The first-order chi connectivity index (χ1) is 11.7. The Bertz CT molecular complexity index is 671. The second-order valence-electron chi connectivity index (χ2n) is 6.22. The summed E-state index contributed by atoms with van der Waals surface area (Å²) in [5.74, 6) is 1.21. The highest BCUT2D eigenvalue weighted by atomic mass is 16.5. The lowest BCUT2D eigenvalue weighted by molar-refractivity contribution is -0.139. The Kier molecular flexibility index (Phi) is 5.25. The maximum absolute atomic E-state index is 12.8. The summed E-state index contributed by atoms with van der Waals surface area (Å²) in [6.45, 7) is 3.84. The number of aryl methyl sites for hydroxylation is 1. The van der Waals surface area contributed by atoms with Gasteiger partial charge in [-0.15, -0.1) is 10.2 Å². The van der Waals surface area contributed by atoms with Gasteiger partial charge >= 0.3 is 0 Å². The maximum Gasteiger partial charge on any atom is 0.223 e. The quantitative estimate of drug-likeness (QED) is 0.845. The van der Waals surface area contributed by atoms with Gasteiger partial charge in [0.15, 0.2) is 5.82 Å². The summed E-state index contributed by atoms with van der Waals surface area (Å²) >= 11 is 0. The van der Waals surface area contributed by atoms with E-state index in [0.717, 1.165) is 12.2 Å². The van der Waals surface area contributed by atoms with Crippen molar-refractivity contribution in [1.29, 1.82) is 0 Å². The van der Waals surface area contributed by atoms with Gasteiger partial charge in [0.1, 0.15) is 12.4 Å². The predicted molar refractivity (Wildman–Crippen MR) is 90.4 cm³/mol. The van der Waals surface area contributed by atoms with E-state index in [2.05, 4.69) is 29.3 Å². The first-order valence-electron chi connectivity index (χ1n) is 8.47. The summed E-state index contributed by atoms with van der Waals surface area (Å²) in [7, 11) is 1.89. The number of ether oxygens (including phenoxy) is 1. The monoisotopic (exact) mass is 328 g/mol. The zero-order valence-electron chi connectivity index (χ0n) is 14.3. The third-order valence-electron chi connectivity index (χ3n) is 4.64. The predicted octanol–water partition coefficient (Wildman–Crippen LogP) is 2.30. The number of carbonyl (C=O) groups is 1. The topological polar surface area (TPSA) is 60.3 Å². The minimum Gasteiger partial charge on any atom is -0.366 e. The van der Waals surface area contributed by atoms with Crippen molar-refractivity contribution in [1.82, 2.24) is 19.7 Å². The van der Waals surface area contributed by atoms with Crippen molar-refractivity contribution in [3.8, 4) is 0 Å². The van der Waals surface area contributed by atoms with Gasteiger partial charge in [-0.3, -0.25) is 4.79 Å². The van der Waals surface area contributed by atoms with Crippen LogP contribution in [0.15, 0.2) is 36.7 Å². The minimum atomic E-state index is -0.202. The molecule has 1 aromatic heterocycles. The molecular weight excluding hydrogens is 304 g/mol. The van der Waals surface area contributed by atoms with Gasteiger partial charge in [-0.2, -0.15) is 0 Å². The average Bonchev–Trinajstić information content (AvgIpc) is 3.06. The van der Waals surface area contributed by atoms with E-state index in [4.69, 9.17) is 4.74 Å². The number of rotatable bonds is 5. The van der Waals surface area contributed by atoms with E-state index in [1.165, 1.54) is 5.56 Å². The van der Waals surface area contributed by atoms with Crippen LogP contribution in [0.1, 0.15) is 43.2 Å². The van der Waals surface area contributed by atoms with Gasteiger partial charge in [0.2, 0.25) is 5.91 Å². The number of amides is 1. The molecule has 1 fully saturated rings. The normalized spacial score (nSPS) is 19.2. The highest BCUT2D eigenvalue weighted by Crippen LogP contribution is 2.26. The third-order valence-corrected chi connectivity index (χ3v) is 4.64. The molecule has 1 amide bonds. The van der Waals surface area contributed by atoms with Crippen LogP contribution in [-0.2, 0) is 16.6 Å². The van der Waals surface area contributed by atoms with E-state index in [-0.39, 0.29) is 17.9 Å². The zero-order valence-corrected chi connectivity index (χ0v) is 14.3. The molecule has 6 nitrogen and oxygen atoms in total. The van der Waals surface area contributed by atoms with Gasteiger partial charge in [0.25, 0.3) is 0 Å². The molecule has 0 aliphatic carbocycles. The van der Waals surface area contributed by atoms with Crippen molar-refractivity contribution in [3.63, 3.8) is 0 Å². The Hall–Kier alpha value is -2.21. The summed E-state index contributed by atoms with van der Waals surface area (Å²) in [5.41, 5.74) is 1.23. The van der Waals surface area contributed by atoms with E-state index in [1.54, 1.807) is 6.33 Å². The molecule has 1 saturated heterocycles.